The van der Waals surface area contributed by atoms with Gasteiger partial charge < -0.3 is 5.32 Å². The quantitative estimate of drug-likeness (QED) is 0.595. The van der Waals surface area contributed by atoms with Crippen LogP contribution in [-0.4, -0.2) is 5.88 Å². The van der Waals surface area contributed by atoms with Gasteiger partial charge >= 0.3 is 0 Å². The molecule has 0 spiro atoms. The van der Waals surface area contributed by atoms with Gasteiger partial charge in [-0.2, -0.15) is 0 Å². The van der Waals surface area contributed by atoms with Gasteiger partial charge in [-0.15, -0.1) is 11.6 Å². The van der Waals surface area contributed by atoms with Crippen molar-refractivity contribution in [2.45, 2.75) is 13.8 Å². The van der Waals surface area contributed by atoms with Gasteiger partial charge in [-0.05, 0) is 26.0 Å². The molecule has 2 heteroatoms. The van der Waals surface area contributed by atoms with Gasteiger partial charge in [-0.3, -0.25) is 0 Å². The van der Waals surface area contributed by atoms with Crippen molar-refractivity contribution in [3.8, 4) is 0 Å². The van der Waals surface area contributed by atoms with Crippen LogP contribution in [0.3, 0.4) is 0 Å². The predicted molar refractivity (Wildman–Crippen MR) is 49.5 cm³/mol. The molecular weight excluding hydrogens is 158 g/mol. The Morgan fingerprint density at radius 3 is 2.82 bits per heavy atom. The molecule has 1 aliphatic heterocycles. The first-order valence-corrected chi connectivity index (χ1v) is 4.15. The van der Waals surface area contributed by atoms with Crippen molar-refractivity contribution in [2.24, 2.45) is 0 Å². The fraction of sp³-hybridized carbons (Fsp3) is 0.333. The molecule has 0 unspecified atom stereocenters. The number of nitrogens with one attached hydrogen (secondary N) is 1. The molecule has 0 aromatic rings. The number of hydrogen-bond donors (Lipinski definition) is 1. The Bertz CT molecular complexity index is 232. The van der Waals surface area contributed by atoms with Gasteiger partial charge in [0, 0.05) is 11.4 Å². The highest BCUT2D eigenvalue weighted by Crippen LogP contribution is 2.10. The first kappa shape index (κ1) is 8.41. The number of dihydropyridines is 1. The highest BCUT2D eigenvalue weighted by molar-refractivity contribution is 6.19. The summed E-state index contributed by atoms with van der Waals surface area (Å²) in [4.78, 5) is 0. The van der Waals surface area contributed by atoms with Crippen LogP contribution >= 0.6 is 11.6 Å². The van der Waals surface area contributed by atoms with Gasteiger partial charge in [0.2, 0.25) is 0 Å². The molecule has 1 aliphatic rings. The predicted octanol–water partition coefficient (Wildman–Crippen LogP) is 2.56. The molecule has 0 saturated carbocycles. The highest BCUT2D eigenvalue weighted by Gasteiger charge is 2.01. The van der Waals surface area contributed by atoms with Gasteiger partial charge in [-0.25, -0.2) is 0 Å². The number of alkyl halides is 1. The zero-order chi connectivity index (χ0) is 8.27. The van der Waals surface area contributed by atoms with Crippen molar-refractivity contribution in [1.29, 1.82) is 0 Å². The molecule has 0 bridgehead atoms. The van der Waals surface area contributed by atoms with Crippen molar-refractivity contribution in [3.05, 3.63) is 35.2 Å². The lowest BCUT2D eigenvalue weighted by Gasteiger charge is -2.13. The van der Waals surface area contributed by atoms with E-state index in [4.69, 9.17) is 11.6 Å². The lowest BCUT2D eigenvalue weighted by atomic mass is 10.2. The van der Waals surface area contributed by atoms with E-state index < -0.39 is 0 Å². The summed E-state index contributed by atoms with van der Waals surface area (Å²) in [7, 11) is 0. The van der Waals surface area contributed by atoms with Crippen molar-refractivity contribution in [3.63, 3.8) is 0 Å². The Hall–Kier alpha value is -0.690. The minimum atomic E-state index is 0.543. The fourth-order valence-electron chi connectivity index (χ4n) is 0.886. The van der Waals surface area contributed by atoms with Gasteiger partial charge in [0.1, 0.15) is 0 Å². The van der Waals surface area contributed by atoms with Crippen LogP contribution in [0.2, 0.25) is 0 Å². The second kappa shape index (κ2) is 3.63. The summed E-state index contributed by atoms with van der Waals surface area (Å²) in [6.45, 7) is 4.15. The molecule has 1 nitrogen and oxygen atoms in total. The van der Waals surface area contributed by atoms with Gasteiger partial charge in [0.05, 0.1) is 5.88 Å². The van der Waals surface area contributed by atoms with E-state index in [2.05, 4.69) is 19.2 Å². The standard InChI is InChI=1S/C9H12ClN/c1-7(2)9-5-3-4-8(6-10)11-9/h3-5,11H,6H2,1-2H3. The van der Waals surface area contributed by atoms with E-state index in [1.54, 1.807) is 0 Å². The Kier molecular flexibility index (Phi) is 2.77. The minimum Gasteiger partial charge on any atom is -0.358 e. The van der Waals surface area contributed by atoms with E-state index in [0.29, 0.717) is 5.88 Å². The molecule has 60 valence electrons. The number of halogens is 1. The van der Waals surface area contributed by atoms with Crippen LogP contribution in [0.4, 0.5) is 0 Å². The lowest BCUT2D eigenvalue weighted by Crippen LogP contribution is -2.15. The molecule has 0 atom stereocenters. The molecule has 0 saturated heterocycles. The van der Waals surface area contributed by atoms with Crippen LogP contribution in [0, 0.1) is 0 Å². The molecule has 0 aliphatic carbocycles. The van der Waals surface area contributed by atoms with Crippen molar-refractivity contribution < 1.29 is 0 Å². The number of rotatable bonds is 1. The molecule has 0 aromatic carbocycles. The van der Waals surface area contributed by atoms with Gasteiger partial charge in [0.25, 0.3) is 0 Å². The van der Waals surface area contributed by atoms with E-state index in [-0.39, 0.29) is 0 Å². The monoisotopic (exact) mass is 169 g/mol. The Morgan fingerprint density at radius 1 is 1.55 bits per heavy atom. The van der Waals surface area contributed by atoms with E-state index >= 15 is 0 Å². The summed E-state index contributed by atoms with van der Waals surface area (Å²) in [5.74, 6) is 0.543. The molecule has 0 fully saturated rings. The van der Waals surface area contributed by atoms with Crippen molar-refractivity contribution in [2.75, 3.05) is 5.88 Å². The first-order valence-electron chi connectivity index (χ1n) is 3.61. The average Bonchev–Trinajstić information content (AvgIpc) is 2.05. The Balaban J connectivity index is 2.78. The topological polar surface area (TPSA) is 12.0 Å². The maximum absolute atomic E-state index is 5.66. The highest BCUT2D eigenvalue weighted by atomic mass is 35.5. The molecule has 0 radical (unpaired) electrons. The molecular formula is C9H12ClN. The molecule has 0 amide bonds. The third-order valence-corrected chi connectivity index (χ3v) is 1.83. The molecule has 1 heterocycles. The fourth-order valence-corrected chi connectivity index (χ4v) is 1.04. The van der Waals surface area contributed by atoms with E-state index in [0.717, 1.165) is 11.4 Å². The Labute approximate surface area is 72.4 Å². The maximum atomic E-state index is 5.66. The third kappa shape index (κ3) is 2.12. The Morgan fingerprint density at radius 2 is 2.27 bits per heavy atom. The zero-order valence-electron chi connectivity index (χ0n) is 6.82. The molecule has 1 rings (SSSR count). The zero-order valence-corrected chi connectivity index (χ0v) is 7.57. The van der Waals surface area contributed by atoms with Gasteiger partial charge in [-0.1, -0.05) is 11.6 Å². The van der Waals surface area contributed by atoms with Crippen molar-refractivity contribution >= 4 is 11.6 Å². The second-order valence-corrected chi connectivity index (χ2v) is 2.99. The van der Waals surface area contributed by atoms with Crippen LogP contribution in [0.25, 0.3) is 0 Å². The molecule has 0 aromatic heterocycles. The summed E-state index contributed by atoms with van der Waals surface area (Å²) in [5, 5.41) is 3.22. The van der Waals surface area contributed by atoms with Crippen LogP contribution in [0.5, 0.6) is 0 Å². The smallest absolute Gasteiger partial charge is 0.0625 e. The van der Waals surface area contributed by atoms with E-state index in [1.165, 1.54) is 5.57 Å². The van der Waals surface area contributed by atoms with Crippen LogP contribution in [-0.2, 0) is 0 Å². The minimum absolute atomic E-state index is 0.543. The lowest BCUT2D eigenvalue weighted by molar-refractivity contribution is 0.967. The molecule has 1 N–H and O–H groups in total. The van der Waals surface area contributed by atoms with E-state index in [1.807, 2.05) is 18.2 Å². The van der Waals surface area contributed by atoms with Crippen molar-refractivity contribution in [1.82, 2.24) is 5.32 Å². The molecule has 11 heavy (non-hydrogen) atoms. The summed E-state index contributed by atoms with van der Waals surface area (Å²) in [5.41, 5.74) is 3.49. The summed E-state index contributed by atoms with van der Waals surface area (Å²) < 4.78 is 0. The first-order chi connectivity index (χ1) is 5.24. The summed E-state index contributed by atoms with van der Waals surface area (Å²) in [6, 6.07) is 0. The second-order valence-electron chi connectivity index (χ2n) is 2.72. The summed E-state index contributed by atoms with van der Waals surface area (Å²) >= 11 is 5.66. The van der Waals surface area contributed by atoms with Crippen LogP contribution in [0.15, 0.2) is 35.2 Å². The maximum Gasteiger partial charge on any atom is 0.0625 e. The summed E-state index contributed by atoms with van der Waals surface area (Å²) in [6.07, 6.45) is 6.04. The normalized spacial score (nSPS) is 15.9. The number of allylic oxidation sites excluding steroid dienone is 5. The average molecular weight is 170 g/mol. The van der Waals surface area contributed by atoms with Crippen LogP contribution < -0.4 is 5.32 Å². The van der Waals surface area contributed by atoms with Crippen LogP contribution in [0.1, 0.15) is 13.8 Å². The van der Waals surface area contributed by atoms with Gasteiger partial charge in [0.15, 0.2) is 0 Å². The SMILES string of the molecule is CC(C)=C1C=CC=C(CCl)N1. The third-order valence-electron chi connectivity index (χ3n) is 1.54. The number of hydrogen-bond acceptors (Lipinski definition) is 1. The largest absolute Gasteiger partial charge is 0.358 e. The van der Waals surface area contributed by atoms with E-state index in [9.17, 15) is 0 Å².